The number of aromatic nitrogens is 5. The molecule has 0 aliphatic rings. The Morgan fingerprint density at radius 1 is 0.250 bits per heavy atom. The molecule has 0 atom stereocenters. The van der Waals surface area contributed by atoms with Gasteiger partial charge in [-0.25, -0.2) is 15.0 Å². The summed E-state index contributed by atoms with van der Waals surface area (Å²) in [6.45, 7) is 0. The predicted molar refractivity (Wildman–Crippen MR) is 310 cm³/mol. The number of rotatable bonds is 7. The third-order valence-corrected chi connectivity index (χ3v) is 15.2. The standard InChI is InChI=1S/C69H41N5O2/c1-5-19-42(20-6-1)67-70-68(43-21-7-2-8-22-43)72-69(71-67)54-37-44(47-29-17-33-61-65(47)55-38-52-49-27-13-15-31-57(49)73(45-23-9-3-10-24-45)59(52)40-63(55)75-61)35-36-48(54)51-30-18-34-62-66(51)56-39-53-50-28-14-16-32-58(50)74(46-25-11-4-12-26-46)60(53)41-64(56)76-62/h1-41H. The lowest BCUT2D eigenvalue weighted by atomic mass is 9.90. The molecular weight excluding hydrogens is 931 g/mol. The van der Waals surface area contributed by atoms with Gasteiger partial charge in [-0.2, -0.15) is 0 Å². The van der Waals surface area contributed by atoms with Crippen LogP contribution < -0.4 is 0 Å². The van der Waals surface area contributed by atoms with Gasteiger partial charge < -0.3 is 18.0 Å². The van der Waals surface area contributed by atoms with Crippen LogP contribution in [0.15, 0.2) is 258 Å². The quantitative estimate of drug-likeness (QED) is 0.159. The molecule has 7 heteroatoms. The van der Waals surface area contributed by atoms with Crippen molar-refractivity contribution in [2.45, 2.75) is 0 Å². The largest absolute Gasteiger partial charge is 0.456 e. The van der Waals surface area contributed by atoms with Gasteiger partial charge in [-0.1, -0.05) is 170 Å². The molecule has 11 aromatic carbocycles. The van der Waals surface area contributed by atoms with Crippen molar-refractivity contribution in [3.8, 4) is 67.8 Å². The molecule has 0 radical (unpaired) electrons. The van der Waals surface area contributed by atoms with Crippen LogP contribution in [0.25, 0.3) is 155 Å². The molecule has 0 spiro atoms. The number of hydrogen-bond donors (Lipinski definition) is 0. The van der Waals surface area contributed by atoms with Gasteiger partial charge in [-0.15, -0.1) is 0 Å². The van der Waals surface area contributed by atoms with Crippen molar-refractivity contribution >= 4 is 87.5 Å². The van der Waals surface area contributed by atoms with Crippen molar-refractivity contribution in [3.05, 3.63) is 249 Å². The van der Waals surface area contributed by atoms with Crippen LogP contribution in [0.3, 0.4) is 0 Å². The summed E-state index contributed by atoms with van der Waals surface area (Å²) in [7, 11) is 0. The highest BCUT2D eigenvalue weighted by atomic mass is 16.3. The van der Waals surface area contributed by atoms with Crippen molar-refractivity contribution < 1.29 is 8.83 Å². The van der Waals surface area contributed by atoms with Gasteiger partial charge in [0.25, 0.3) is 0 Å². The van der Waals surface area contributed by atoms with Gasteiger partial charge >= 0.3 is 0 Å². The van der Waals surface area contributed by atoms with Crippen molar-refractivity contribution in [2.75, 3.05) is 0 Å². The van der Waals surface area contributed by atoms with Gasteiger partial charge in [0.15, 0.2) is 17.5 Å². The van der Waals surface area contributed by atoms with Gasteiger partial charge in [0.05, 0.1) is 22.1 Å². The monoisotopic (exact) mass is 971 g/mol. The highest BCUT2D eigenvalue weighted by molar-refractivity contribution is 6.22. The van der Waals surface area contributed by atoms with Gasteiger partial charge in [0.2, 0.25) is 0 Å². The van der Waals surface area contributed by atoms with Crippen LogP contribution in [0, 0.1) is 0 Å². The first kappa shape index (κ1) is 42.2. The minimum atomic E-state index is 0.558. The highest BCUT2D eigenvalue weighted by Crippen LogP contribution is 2.47. The Morgan fingerprint density at radius 2 is 0.697 bits per heavy atom. The van der Waals surface area contributed by atoms with E-state index >= 15 is 0 Å². The molecule has 7 nitrogen and oxygen atoms in total. The minimum absolute atomic E-state index is 0.558. The fourth-order valence-corrected chi connectivity index (χ4v) is 11.8. The molecule has 16 rings (SSSR count). The number of para-hydroxylation sites is 4. The van der Waals surface area contributed by atoms with E-state index in [2.05, 4.69) is 221 Å². The lowest BCUT2D eigenvalue weighted by molar-refractivity contribution is 0.669. The fourth-order valence-electron chi connectivity index (χ4n) is 11.8. The maximum atomic E-state index is 6.90. The van der Waals surface area contributed by atoms with Crippen LogP contribution in [-0.4, -0.2) is 24.1 Å². The van der Waals surface area contributed by atoms with E-state index in [0.29, 0.717) is 17.5 Å². The molecule has 0 fully saturated rings. The van der Waals surface area contributed by atoms with E-state index in [4.69, 9.17) is 23.8 Å². The molecule has 354 valence electrons. The molecule has 0 N–H and O–H groups in total. The SMILES string of the molecule is c1ccc(-c2nc(-c3ccccc3)nc(-c3cc(-c4cccc5oc6cc7c(cc6c45)c4ccccc4n7-c4ccccc4)ccc3-c3cccc4oc5cc6c(cc5c34)c3ccccc3n6-c3ccccc3)n2)cc1. The van der Waals surface area contributed by atoms with E-state index in [9.17, 15) is 0 Å². The number of nitrogens with zero attached hydrogens (tertiary/aromatic N) is 5. The smallest absolute Gasteiger partial charge is 0.164 e. The molecule has 5 heterocycles. The summed E-state index contributed by atoms with van der Waals surface area (Å²) in [5, 5.41) is 8.82. The Morgan fingerprint density at radius 3 is 1.22 bits per heavy atom. The molecule has 0 saturated heterocycles. The zero-order valence-corrected chi connectivity index (χ0v) is 40.7. The Hall–Kier alpha value is -10.4. The second kappa shape index (κ2) is 16.6. The maximum Gasteiger partial charge on any atom is 0.164 e. The minimum Gasteiger partial charge on any atom is -0.456 e. The first-order valence-electron chi connectivity index (χ1n) is 25.6. The average Bonchev–Trinajstić information content (AvgIpc) is 4.41. The molecule has 0 unspecified atom stereocenters. The summed E-state index contributed by atoms with van der Waals surface area (Å²) in [6, 6.07) is 87.2. The zero-order chi connectivity index (χ0) is 49.8. The molecule has 0 saturated carbocycles. The zero-order valence-electron chi connectivity index (χ0n) is 40.7. The molecule has 0 aliphatic carbocycles. The Balaban J connectivity index is 0.961. The third kappa shape index (κ3) is 6.46. The van der Waals surface area contributed by atoms with Crippen molar-refractivity contribution in [3.63, 3.8) is 0 Å². The topological polar surface area (TPSA) is 74.8 Å². The van der Waals surface area contributed by atoms with Gasteiger partial charge in [-0.05, 0) is 89.0 Å². The summed E-state index contributed by atoms with van der Waals surface area (Å²) in [6.07, 6.45) is 0. The predicted octanol–water partition coefficient (Wildman–Crippen LogP) is 18.2. The first-order chi connectivity index (χ1) is 37.7. The lowest BCUT2D eigenvalue weighted by Crippen LogP contribution is -2.01. The van der Waals surface area contributed by atoms with Crippen molar-refractivity contribution in [1.82, 2.24) is 24.1 Å². The lowest BCUT2D eigenvalue weighted by Gasteiger charge is -2.15. The normalized spacial score (nSPS) is 11.9. The first-order valence-corrected chi connectivity index (χ1v) is 25.6. The van der Waals surface area contributed by atoms with Crippen LogP contribution in [0.5, 0.6) is 0 Å². The number of furan rings is 2. The third-order valence-electron chi connectivity index (χ3n) is 15.2. The van der Waals surface area contributed by atoms with E-state index < -0.39 is 0 Å². The summed E-state index contributed by atoms with van der Waals surface area (Å²) in [5.74, 6) is 1.74. The van der Waals surface area contributed by atoms with Gasteiger partial charge in [0, 0.05) is 83.3 Å². The Bertz CT molecular complexity index is 4920. The van der Waals surface area contributed by atoms with Gasteiger partial charge in [-0.3, -0.25) is 0 Å². The molecule has 76 heavy (non-hydrogen) atoms. The summed E-state index contributed by atoms with van der Waals surface area (Å²) < 4.78 is 18.4. The maximum absolute atomic E-state index is 6.90. The molecule has 0 bridgehead atoms. The Labute approximate surface area is 434 Å². The van der Waals surface area contributed by atoms with Crippen LogP contribution in [0.2, 0.25) is 0 Å². The van der Waals surface area contributed by atoms with Crippen molar-refractivity contribution in [1.29, 1.82) is 0 Å². The summed E-state index contributed by atoms with van der Waals surface area (Å²) in [5.41, 5.74) is 16.6. The second-order valence-corrected chi connectivity index (χ2v) is 19.5. The van der Waals surface area contributed by atoms with E-state index in [-0.39, 0.29) is 0 Å². The van der Waals surface area contributed by atoms with Gasteiger partial charge in [0.1, 0.15) is 22.3 Å². The van der Waals surface area contributed by atoms with Crippen LogP contribution >= 0.6 is 0 Å². The molecule has 0 aliphatic heterocycles. The Kier molecular flexibility index (Phi) is 9.20. The summed E-state index contributed by atoms with van der Waals surface area (Å²) in [4.78, 5) is 15.9. The van der Waals surface area contributed by atoms with Crippen LogP contribution in [0.1, 0.15) is 0 Å². The second-order valence-electron chi connectivity index (χ2n) is 19.5. The van der Waals surface area contributed by atoms with E-state index in [1.54, 1.807) is 0 Å². The van der Waals surface area contributed by atoms with E-state index in [1.807, 2.05) is 36.4 Å². The number of benzene rings is 11. The van der Waals surface area contributed by atoms with Crippen molar-refractivity contribution in [2.24, 2.45) is 0 Å². The number of fused-ring (bicyclic) bond motifs is 12. The highest BCUT2D eigenvalue weighted by Gasteiger charge is 2.24. The molecular formula is C69H41N5O2. The molecule has 0 amide bonds. The van der Waals surface area contributed by atoms with Crippen LogP contribution in [-0.2, 0) is 0 Å². The van der Waals surface area contributed by atoms with E-state index in [0.717, 1.165) is 127 Å². The van der Waals surface area contributed by atoms with E-state index in [1.165, 1.54) is 10.8 Å². The molecule has 5 aromatic heterocycles. The van der Waals surface area contributed by atoms with Crippen LogP contribution in [0.4, 0.5) is 0 Å². The number of hydrogen-bond acceptors (Lipinski definition) is 5. The summed E-state index contributed by atoms with van der Waals surface area (Å²) >= 11 is 0. The molecule has 16 aromatic rings. The fraction of sp³-hybridized carbons (Fsp3) is 0. The average molecular weight is 972 g/mol.